The lowest BCUT2D eigenvalue weighted by Gasteiger charge is -2.10. The van der Waals surface area contributed by atoms with Crippen LogP contribution in [-0.2, 0) is 0 Å². The molecule has 0 saturated heterocycles. The van der Waals surface area contributed by atoms with Crippen LogP contribution in [0.15, 0.2) is 77.9 Å². The van der Waals surface area contributed by atoms with E-state index in [1.165, 1.54) is 42.6 Å². The molecule has 3 aromatic carbocycles. The van der Waals surface area contributed by atoms with Gasteiger partial charge >= 0.3 is 0 Å². The van der Waals surface area contributed by atoms with Crippen molar-refractivity contribution in [3.63, 3.8) is 0 Å². The summed E-state index contributed by atoms with van der Waals surface area (Å²) >= 11 is 0. The zero-order valence-corrected chi connectivity index (χ0v) is 15.4. The molecule has 0 bridgehead atoms. The molecular formula is C21H15FN4O4. The summed E-state index contributed by atoms with van der Waals surface area (Å²) in [5.41, 5.74) is 3.29. The molecule has 3 aromatic rings. The fourth-order valence-corrected chi connectivity index (χ4v) is 2.53. The zero-order chi connectivity index (χ0) is 21.5. The fraction of sp³-hybridized carbons (Fsp3) is 0. The number of hydrogen-bond donors (Lipinski definition) is 2. The van der Waals surface area contributed by atoms with Gasteiger partial charge in [0.2, 0.25) is 0 Å². The van der Waals surface area contributed by atoms with E-state index in [2.05, 4.69) is 15.8 Å². The summed E-state index contributed by atoms with van der Waals surface area (Å²) in [6, 6.07) is 17.0. The molecule has 0 aliphatic rings. The van der Waals surface area contributed by atoms with Crippen molar-refractivity contribution in [2.45, 2.75) is 0 Å². The molecule has 0 fully saturated rings. The predicted octanol–water partition coefficient (Wildman–Crippen LogP) is 3.75. The molecular weight excluding hydrogens is 391 g/mol. The molecule has 8 nitrogen and oxygen atoms in total. The Kier molecular flexibility index (Phi) is 6.23. The number of hydrazone groups is 1. The summed E-state index contributed by atoms with van der Waals surface area (Å²) in [5.74, 6) is -1.56. The predicted molar refractivity (Wildman–Crippen MR) is 109 cm³/mol. The average Bonchev–Trinajstić information content (AvgIpc) is 2.74. The third-order valence-electron chi connectivity index (χ3n) is 3.99. The van der Waals surface area contributed by atoms with Crippen LogP contribution in [0.5, 0.6) is 0 Å². The molecule has 0 aromatic heterocycles. The van der Waals surface area contributed by atoms with E-state index in [0.29, 0.717) is 5.56 Å². The first kappa shape index (κ1) is 20.3. The monoisotopic (exact) mass is 406 g/mol. The number of non-ortho nitro benzene ring substituents is 1. The van der Waals surface area contributed by atoms with Crippen molar-refractivity contribution in [3.8, 4) is 0 Å². The third kappa shape index (κ3) is 5.10. The molecule has 2 amide bonds. The number of benzene rings is 3. The second-order valence-corrected chi connectivity index (χ2v) is 6.06. The number of rotatable bonds is 6. The van der Waals surface area contributed by atoms with Crippen LogP contribution in [0, 0.1) is 15.9 Å². The van der Waals surface area contributed by atoms with Crippen LogP contribution >= 0.6 is 0 Å². The van der Waals surface area contributed by atoms with Crippen molar-refractivity contribution in [3.05, 3.63) is 105 Å². The number of carbonyl (C=O) groups excluding carboxylic acids is 2. The Bertz CT molecular complexity index is 1130. The van der Waals surface area contributed by atoms with Crippen molar-refractivity contribution in [1.29, 1.82) is 0 Å². The maximum atomic E-state index is 13.0. The third-order valence-corrected chi connectivity index (χ3v) is 3.99. The molecule has 0 aliphatic heterocycles. The van der Waals surface area contributed by atoms with Crippen molar-refractivity contribution in [2.75, 3.05) is 5.32 Å². The SMILES string of the molecule is O=C(Nc1ccccc1C(=O)N/N=C/c1cccc([N+](=O)[O-])c1)c1ccc(F)cc1. The molecule has 30 heavy (non-hydrogen) atoms. The van der Waals surface area contributed by atoms with E-state index in [1.807, 2.05) is 0 Å². The van der Waals surface area contributed by atoms with Gasteiger partial charge in [0.15, 0.2) is 0 Å². The lowest BCUT2D eigenvalue weighted by Crippen LogP contribution is -2.21. The summed E-state index contributed by atoms with van der Waals surface area (Å²) < 4.78 is 13.0. The van der Waals surface area contributed by atoms with E-state index >= 15 is 0 Å². The van der Waals surface area contributed by atoms with Gasteiger partial charge in [0, 0.05) is 23.3 Å². The maximum Gasteiger partial charge on any atom is 0.273 e. The number of carbonyl (C=O) groups is 2. The zero-order valence-electron chi connectivity index (χ0n) is 15.4. The van der Waals surface area contributed by atoms with Crippen LogP contribution in [0.4, 0.5) is 15.8 Å². The highest BCUT2D eigenvalue weighted by Gasteiger charge is 2.14. The van der Waals surface area contributed by atoms with Gasteiger partial charge in [-0.1, -0.05) is 24.3 Å². The topological polar surface area (TPSA) is 114 Å². The second-order valence-electron chi connectivity index (χ2n) is 6.06. The average molecular weight is 406 g/mol. The normalized spacial score (nSPS) is 10.6. The number of amides is 2. The number of nitrogens with one attached hydrogen (secondary N) is 2. The molecule has 3 rings (SSSR count). The Morgan fingerprint density at radius 1 is 0.967 bits per heavy atom. The lowest BCUT2D eigenvalue weighted by molar-refractivity contribution is -0.384. The lowest BCUT2D eigenvalue weighted by atomic mass is 10.1. The fourth-order valence-electron chi connectivity index (χ4n) is 2.53. The minimum absolute atomic E-state index is 0.0980. The number of halogens is 1. The molecule has 0 heterocycles. The molecule has 0 unspecified atom stereocenters. The van der Waals surface area contributed by atoms with Gasteiger partial charge in [-0.25, -0.2) is 9.82 Å². The molecule has 0 aliphatic carbocycles. The molecule has 0 atom stereocenters. The van der Waals surface area contributed by atoms with Gasteiger partial charge in [-0.3, -0.25) is 19.7 Å². The summed E-state index contributed by atoms with van der Waals surface area (Å²) in [5, 5.41) is 17.2. The van der Waals surface area contributed by atoms with Crippen molar-refractivity contribution in [2.24, 2.45) is 5.10 Å². The number of nitro groups is 1. The van der Waals surface area contributed by atoms with Crippen molar-refractivity contribution in [1.82, 2.24) is 5.43 Å². The molecule has 0 spiro atoms. The van der Waals surface area contributed by atoms with Crippen molar-refractivity contribution >= 4 is 29.4 Å². The highest BCUT2D eigenvalue weighted by molar-refractivity contribution is 6.09. The molecule has 150 valence electrons. The number of hydrogen-bond acceptors (Lipinski definition) is 5. The van der Waals surface area contributed by atoms with E-state index in [1.54, 1.807) is 24.3 Å². The van der Waals surface area contributed by atoms with Gasteiger partial charge < -0.3 is 5.32 Å². The second kappa shape index (κ2) is 9.20. The smallest absolute Gasteiger partial charge is 0.273 e. The van der Waals surface area contributed by atoms with E-state index in [-0.39, 0.29) is 22.5 Å². The Hall–Kier alpha value is -4.40. The summed E-state index contributed by atoms with van der Waals surface area (Å²) in [6.45, 7) is 0. The Labute approximate surface area is 170 Å². The van der Waals surface area contributed by atoms with Gasteiger partial charge in [0.1, 0.15) is 5.82 Å². The van der Waals surface area contributed by atoms with Crippen LogP contribution < -0.4 is 10.7 Å². The van der Waals surface area contributed by atoms with E-state index in [9.17, 15) is 24.1 Å². The Morgan fingerprint density at radius 3 is 2.43 bits per heavy atom. The van der Waals surface area contributed by atoms with E-state index in [4.69, 9.17) is 0 Å². The molecule has 0 saturated carbocycles. The standard InChI is InChI=1S/C21H15FN4O4/c22-16-10-8-15(9-11-16)20(27)24-19-7-2-1-6-18(19)21(28)25-23-13-14-4-3-5-17(12-14)26(29)30/h1-13H,(H,24,27)(H,25,28)/b23-13+. The largest absolute Gasteiger partial charge is 0.321 e. The molecule has 0 radical (unpaired) electrons. The van der Waals surface area contributed by atoms with Gasteiger partial charge in [0.25, 0.3) is 17.5 Å². The van der Waals surface area contributed by atoms with Crippen LogP contribution in [-0.4, -0.2) is 23.0 Å². The van der Waals surface area contributed by atoms with Crippen LogP contribution in [0.3, 0.4) is 0 Å². The van der Waals surface area contributed by atoms with Gasteiger partial charge in [0.05, 0.1) is 22.4 Å². The van der Waals surface area contributed by atoms with E-state index in [0.717, 1.165) is 12.1 Å². The van der Waals surface area contributed by atoms with E-state index < -0.39 is 22.6 Å². The number of nitrogens with zero attached hydrogens (tertiary/aromatic N) is 2. The highest BCUT2D eigenvalue weighted by Crippen LogP contribution is 2.17. The molecule has 9 heteroatoms. The molecule has 2 N–H and O–H groups in total. The quantitative estimate of drug-likeness (QED) is 0.369. The van der Waals surface area contributed by atoms with Crippen LogP contribution in [0.1, 0.15) is 26.3 Å². The highest BCUT2D eigenvalue weighted by atomic mass is 19.1. The minimum atomic E-state index is -0.591. The van der Waals surface area contributed by atoms with Crippen LogP contribution in [0.2, 0.25) is 0 Å². The van der Waals surface area contributed by atoms with Gasteiger partial charge in [-0.15, -0.1) is 0 Å². The first-order chi connectivity index (χ1) is 14.4. The van der Waals surface area contributed by atoms with Gasteiger partial charge in [-0.05, 0) is 36.4 Å². The number of para-hydroxylation sites is 1. The Morgan fingerprint density at radius 2 is 1.70 bits per heavy atom. The first-order valence-corrected chi connectivity index (χ1v) is 8.68. The Balaban J connectivity index is 1.71. The summed E-state index contributed by atoms with van der Waals surface area (Å²) in [7, 11) is 0. The van der Waals surface area contributed by atoms with Crippen LogP contribution in [0.25, 0.3) is 0 Å². The summed E-state index contributed by atoms with van der Waals surface area (Å²) in [6.07, 6.45) is 1.27. The number of anilines is 1. The van der Waals surface area contributed by atoms with Gasteiger partial charge in [-0.2, -0.15) is 5.10 Å². The van der Waals surface area contributed by atoms with Crippen molar-refractivity contribution < 1.29 is 18.9 Å². The summed E-state index contributed by atoms with van der Waals surface area (Å²) in [4.78, 5) is 35.1. The maximum absolute atomic E-state index is 13.0. The number of nitro benzene ring substituents is 1. The minimum Gasteiger partial charge on any atom is -0.321 e. The first-order valence-electron chi connectivity index (χ1n) is 8.68.